The number of carbonyl (C=O) groups excluding carboxylic acids is 11. The van der Waals surface area contributed by atoms with Crippen molar-refractivity contribution >= 4 is 88.4 Å². The van der Waals surface area contributed by atoms with E-state index in [9.17, 15) is 43.5 Å². The van der Waals surface area contributed by atoms with Gasteiger partial charge in [0.2, 0.25) is 47.3 Å². The Morgan fingerprint density at radius 2 is 1.04 bits per heavy atom. The molecule has 1 fully saturated rings. The molecule has 1 aliphatic heterocycles. The fraction of sp³-hybridized carbons (Fsp3) is 0.600. The molecule has 107 heavy (non-hydrogen) atoms. The number of aliphatic imine (C=N–C) groups is 1. The minimum atomic E-state index is -1.76. The number of hydrogen-bond acceptors (Lipinski definition) is 19. The topological polar surface area (TPSA) is 446 Å². The molecule has 32 nitrogen and oxygen atoms in total. The van der Waals surface area contributed by atoms with Gasteiger partial charge in [0.25, 0.3) is 0 Å². The van der Waals surface area contributed by atoms with Crippen molar-refractivity contribution in [1.29, 1.82) is 0 Å². The van der Waals surface area contributed by atoms with Crippen molar-refractivity contribution < 1.29 is 86.3 Å². The summed E-state index contributed by atoms with van der Waals surface area (Å²) in [6.07, 6.45) is -0.309. The van der Waals surface area contributed by atoms with Crippen LogP contribution in [-0.2, 0) is 81.4 Å². The summed E-state index contributed by atoms with van der Waals surface area (Å²) in [5.41, 5.74) is 7.46. The second kappa shape index (κ2) is 37.4. The lowest BCUT2D eigenvalue weighted by Gasteiger charge is -2.30. The van der Waals surface area contributed by atoms with Gasteiger partial charge in [0, 0.05) is 50.0 Å². The molecule has 2 aromatic heterocycles. The maximum Gasteiger partial charge on any atom is 0.419 e. The Labute approximate surface area is 625 Å². The quantitative estimate of drug-likeness (QED) is 0.0116. The summed E-state index contributed by atoms with van der Waals surface area (Å²) in [5, 5.41) is 29.5. The summed E-state index contributed by atoms with van der Waals surface area (Å²) in [6, 6.07) is 1.07. The minimum absolute atomic E-state index is 0.00194. The molecule has 0 spiro atoms. The largest absolute Gasteiger partial charge is 0.488 e. The number of imidazole rings is 1. The van der Waals surface area contributed by atoms with Gasteiger partial charge in [-0.3, -0.25) is 47.9 Å². The van der Waals surface area contributed by atoms with Crippen LogP contribution in [0.1, 0.15) is 187 Å². The number of guanidine groups is 1. The van der Waals surface area contributed by atoms with Crippen LogP contribution in [-0.4, -0.2) is 191 Å². The van der Waals surface area contributed by atoms with E-state index in [0.717, 1.165) is 10.9 Å². The van der Waals surface area contributed by atoms with Gasteiger partial charge in [-0.2, -0.15) is 0 Å². The van der Waals surface area contributed by atoms with Crippen LogP contribution < -0.4 is 53.4 Å². The van der Waals surface area contributed by atoms with Gasteiger partial charge >= 0.3 is 24.2 Å². The van der Waals surface area contributed by atoms with E-state index in [4.69, 9.17) is 35.2 Å². The highest BCUT2D eigenvalue weighted by Gasteiger charge is 2.44. The van der Waals surface area contributed by atoms with Crippen LogP contribution in [0, 0.1) is 11.8 Å². The van der Waals surface area contributed by atoms with E-state index in [0.29, 0.717) is 32.7 Å². The third kappa shape index (κ3) is 29.3. The third-order valence-electron chi connectivity index (χ3n) is 15.8. The van der Waals surface area contributed by atoms with Crippen LogP contribution in [0.5, 0.6) is 5.75 Å². The number of ether oxygens (including phenoxy) is 5. The number of nitrogens with one attached hydrogen (secondary N) is 7. The Hall–Kier alpha value is -10.1. The van der Waals surface area contributed by atoms with Crippen LogP contribution in [0.25, 0.3) is 10.9 Å². The molecule has 1 saturated heterocycles. The van der Waals surface area contributed by atoms with Crippen molar-refractivity contribution in [1.82, 2.24) is 56.2 Å². The zero-order valence-corrected chi connectivity index (χ0v) is 65.2. The Morgan fingerprint density at radius 1 is 0.561 bits per heavy atom. The molecule has 1 aliphatic rings. The Balaban J connectivity index is 1.63. The smallest absolute Gasteiger partial charge is 0.419 e. The molecule has 0 unspecified atom stereocenters. The number of hydrogen-bond donors (Lipinski definition) is 10. The highest BCUT2D eigenvalue weighted by atomic mass is 16.6. The number of nitrogens with zero attached hydrogens (tertiary/aromatic N) is 5. The third-order valence-corrected chi connectivity index (χ3v) is 15.8. The van der Waals surface area contributed by atoms with Crippen molar-refractivity contribution in [2.75, 3.05) is 13.2 Å². The number of nitrogens with two attached hydrogens (primary N) is 2. The average molecular weight is 1500 g/mol. The zero-order chi connectivity index (χ0) is 80.4. The molecule has 2 aromatic carbocycles. The van der Waals surface area contributed by atoms with Crippen molar-refractivity contribution in [3.8, 4) is 5.75 Å². The number of likely N-dealkylation sites (tertiary alicyclic amines) is 1. The number of carbonyl (C=O) groups is 12. The molecule has 12 N–H and O–H groups in total. The van der Waals surface area contributed by atoms with Crippen LogP contribution in [0.15, 0.2) is 72.2 Å². The number of aliphatic carboxylic acids is 1. The lowest BCUT2D eigenvalue weighted by molar-refractivity contribution is -0.142. The van der Waals surface area contributed by atoms with Crippen molar-refractivity contribution in [3.05, 3.63) is 84.1 Å². The molecule has 0 bridgehead atoms. The van der Waals surface area contributed by atoms with Crippen LogP contribution in [0.2, 0.25) is 0 Å². The fourth-order valence-corrected chi connectivity index (χ4v) is 11.2. The standard InChI is InChI=1S/C75H112N14O18/c1-42(2)33-50(59(91)80-49(66(98)99)24-22-32-78-67(76)77)81-60(92)51(34-43(3)4)82-61(93)52(35-44-26-28-47(29-27-44)104-72(8,9)10)83-64(96)55(40-103-71(5,6)7)86-62(94)53(36-45-38-88(69(101)106-74(14,15)16)56-25-21-20-23-48(45)56)84-63(95)54(37-46-39-87(41-79-46)68(100)105-73(11,12)13)85-65(97)57-30-31-58(90)89(57)70(102)107-75(17,18)19/h20-21,23,25-29,38-39,41-43,49-55,57H,22,24,30-37,40H2,1-19H3,(H,80,91)(H,81,92)(H,82,93)(H,83,96)(H,84,95)(H,85,97)(H,86,94)(H,98,99)(H4,76,77,78)/t49-,50-,51+,52-,53-,54-,55-,57-/m0/s1. The van der Waals surface area contributed by atoms with Crippen LogP contribution in [0.4, 0.5) is 14.4 Å². The fourth-order valence-electron chi connectivity index (χ4n) is 11.2. The van der Waals surface area contributed by atoms with Crippen molar-refractivity contribution in [3.63, 3.8) is 0 Å². The lowest BCUT2D eigenvalue weighted by atomic mass is 9.98. The monoisotopic (exact) mass is 1500 g/mol. The van der Waals surface area contributed by atoms with E-state index in [-0.39, 0.29) is 75.0 Å². The van der Waals surface area contributed by atoms with Crippen LogP contribution >= 0.6 is 0 Å². The van der Waals surface area contributed by atoms with E-state index >= 15 is 19.2 Å². The summed E-state index contributed by atoms with van der Waals surface area (Å²) < 4.78 is 31.4. The molecule has 9 amide bonds. The Bertz CT molecular complexity index is 3840. The molecular formula is C75H112N14O18. The van der Waals surface area contributed by atoms with Gasteiger partial charge in [0.05, 0.1) is 23.4 Å². The number of fused-ring (bicyclic) bond motifs is 1. The summed E-state index contributed by atoms with van der Waals surface area (Å²) in [4.78, 5) is 180. The second-order valence-corrected chi connectivity index (χ2v) is 32.4. The SMILES string of the molecule is CC(C)C[C@H](NC(=O)[C@@H](CC(C)C)NC(=O)[C@H](Cc1ccc(OC(C)(C)C)cc1)NC(=O)[C@H](COC(C)(C)C)NC(=O)[C@H](Cc1cn(C(=O)OC(C)(C)C)c2ccccc12)NC(=O)[C@H](Cc1cn(C(=O)OC(C)(C)C)cn1)NC(=O)[C@@H]1CCC(=O)N1C(=O)OC(C)(C)C)C(=O)N[C@@H](CCCN=C(N)N)C(=O)O. The molecule has 3 heterocycles. The van der Waals surface area contributed by atoms with E-state index in [1.54, 1.807) is 159 Å². The first-order valence-electron chi connectivity index (χ1n) is 35.9. The first kappa shape index (κ1) is 87.5. The number of aromatic nitrogens is 3. The van der Waals surface area contributed by atoms with Gasteiger partial charge in [-0.15, -0.1) is 0 Å². The van der Waals surface area contributed by atoms with Crippen molar-refractivity contribution in [2.24, 2.45) is 28.3 Å². The van der Waals surface area contributed by atoms with Gasteiger partial charge < -0.3 is 77.5 Å². The van der Waals surface area contributed by atoms with Crippen LogP contribution in [0.3, 0.4) is 0 Å². The van der Waals surface area contributed by atoms with E-state index in [1.165, 1.54) is 17.0 Å². The summed E-state index contributed by atoms with van der Waals surface area (Å²) in [5.74, 6) is -8.84. The number of imide groups is 1. The maximum atomic E-state index is 15.7. The second-order valence-electron chi connectivity index (χ2n) is 32.4. The molecule has 4 aromatic rings. The number of rotatable bonds is 32. The van der Waals surface area contributed by atoms with E-state index in [2.05, 4.69) is 47.2 Å². The molecule has 590 valence electrons. The number of benzene rings is 2. The first-order chi connectivity index (χ1) is 49.4. The number of para-hydroxylation sites is 1. The molecular weight excluding hydrogens is 1380 g/mol. The summed E-state index contributed by atoms with van der Waals surface area (Å²) in [7, 11) is 0. The van der Waals surface area contributed by atoms with E-state index in [1.807, 2.05) is 20.8 Å². The average Bonchev–Trinajstić information content (AvgIpc) is 1.66. The molecule has 0 saturated carbocycles. The van der Waals surface area contributed by atoms with Gasteiger partial charge in [0.1, 0.15) is 82.8 Å². The molecule has 5 rings (SSSR count). The predicted molar refractivity (Wildman–Crippen MR) is 397 cm³/mol. The molecule has 8 atom stereocenters. The number of carboxylic acids is 1. The van der Waals surface area contributed by atoms with Gasteiger partial charge in [-0.05, 0) is 177 Å². The Kier molecular flexibility index (Phi) is 30.6. The zero-order valence-electron chi connectivity index (χ0n) is 65.2. The lowest BCUT2D eigenvalue weighted by Crippen LogP contribution is -2.62. The molecule has 0 radical (unpaired) electrons. The van der Waals surface area contributed by atoms with Gasteiger partial charge in [0.15, 0.2) is 5.96 Å². The normalized spacial score (nSPS) is 15.5. The summed E-state index contributed by atoms with van der Waals surface area (Å²) >= 11 is 0. The molecule has 32 heteroatoms. The highest BCUT2D eigenvalue weighted by molar-refractivity contribution is 6.03. The number of carboxylic acid groups (broad SMARTS) is 1. The maximum absolute atomic E-state index is 15.7. The Morgan fingerprint density at radius 3 is 1.55 bits per heavy atom. The first-order valence-corrected chi connectivity index (χ1v) is 35.9. The van der Waals surface area contributed by atoms with Gasteiger partial charge in [-0.1, -0.05) is 58.0 Å². The number of amides is 9. The minimum Gasteiger partial charge on any atom is -0.488 e. The van der Waals surface area contributed by atoms with Gasteiger partial charge in [-0.25, -0.2) is 33.6 Å². The van der Waals surface area contributed by atoms with Crippen molar-refractivity contribution in [2.45, 2.75) is 266 Å². The molecule has 0 aliphatic carbocycles. The summed E-state index contributed by atoms with van der Waals surface area (Å²) in [6.45, 7) is 32.1. The van der Waals surface area contributed by atoms with E-state index < -0.39 is 167 Å². The predicted octanol–water partition coefficient (Wildman–Crippen LogP) is 5.97. The highest BCUT2D eigenvalue weighted by Crippen LogP contribution is 2.27.